The van der Waals surface area contributed by atoms with Crippen LogP contribution in [0.1, 0.15) is 45.2 Å². The van der Waals surface area contributed by atoms with Crippen LogP contribution in [0.15, 0.2) is 60.7 Å². The molecule has 0 saturated heterocycles. The average molecular weight is 340 g/mol. The lowest BCUT2D eigenvalue weighted by atomic mass is 9.98. The molecule has 0 spiro atoms. The zero-order valence-electron chi connectivity index (χ0n) is 15.1. The van der Waals surface area contributed by atoms with Gasteiger partial charge in [0, 0.05) is 0 Å². The number of hydrogen-bond donors (Lipinski definition) is 0. The quantitative estimate of drug-likeness (QED) is 0.580. The number of benzene rings is 2. The third-order valence-electron chi connectivity index (χ3n) is 3.96. The Balaban J connectivity index is 1.95. The molecular formula is C21H24O4. The molecule has 0 bridgehead atoms. The second kappa shape index (κ2) is 7.51. The maximum atomic E-state index is 12.1. The summed E-state index contributed by atoms with van der Waals surface area (Å²) in [6.07, 6.45) is -0.424. The molecule has 0 aliphatic heterocycles. The Morgan fingerprint density at radius 2 is 1.00 bits per heavy atom. The zero-order valence-corrected chi connectivity index (χ0v) is 15.1. The lowest BCUT2D eigenvalue weighted by Crippen LogP contribution is -2.30. The van der Waals surface area contributed by atoms with Crippen molar-refractivity contribution in [3.8, 4) is 0 Å². The predicted molar refractivity (Wildman–Crippen MR) is 95.7 cm³/mol. The first-order chi connectivity index (χ1) is 11.7. The van der Waals surface area contributed by atoms with Gasteiger partial charge in [0.05, 0.1) is 0 Å². The molecule has 2 aromatic rings. The maximum absolute atomic E-state index is 12.1. The molecule has 0 aliphatic rings. The molecule has 0 amide bonds. The van der Waals surface area contributed by atoms with Gasteiger partial charge >= 0.3 is 11.9 Å². The summed E-state index contributed by atoms with van der Waals surface area (Å²) in [4.78, 5) is 24.3. The number of esters is 2. The van der Waals surface area contributed by atoms with Gasteiger partial charge in [-0.3, -0.25) is 9.59 Å². The Labute approximate surface area is 148 Å². The summed E-state index contributed by atoms with van der Waals surface area (Å²) in [7, 11) is 0. The molecule has 0 fully saturated rings. The Morgan fingerprint density at radius 3 is 1.32 bits per heavy atom. The largest absolute Gasteiger partial charge is 0.454 e. The summed E-state index contributed by atoms with van der Waals surface area (Å²) in [5.74, 6) is -1.22. The van der Waals surface area contributed by atoms with Crippen molar-refractivity contribution in [3.63, 3.8) is 0 Å². The Hall–Kier alpha value is -2.62. The van der Waals surface area contributed by atoms with E-state index in [0.717, 1.165) is 11.1 Å². The second-order valence-corrected chi connectivity index (χ2v) is 6.88. The van der Waals surface area contributed by atoms with Gasteiger partial charge in [0.1, 0.15) is 17.6 Å². The van der Waals surface area contributed by atoms with E-state index >= 15 is 0 Å². The van der Waals surface area contributed by atoms with E-state index in [2.05, 4.69) is 0 Å². The van der Waals surface area contributed by atoms with E-state index in [4.69, 9.17) is 9.47 Å². The van der Waals surface area contributed by atoms with Gasteiger partial charge in [0.25, 0.3) is 0 Å². The van der Waals surface area contributed by atoms with Crippen molar-refractivity contribution in [3.05, 3.63) is 71.8 Å². The topological polar surface area (TPSA) is 52.6 Å². The summed E-state index contributed by atoms with van der Waals surface area (Å²) in [6.45, 7) is 7.16. The fraction of sp³-hybridized carbons (Fsp3) is 0.333. The van der Waals surface area contributed by atoms with Crippen LogP contribution in [0.3, 0.4) is 0 Å². The highest BCUT2D eigenvalue weighted by molar-refractivity contribution is 5.91. The van der Waals surface area contributed by atoms with Crippen molar-refractivity contribution in [1.82, 2.24) is 0 Å². The average Bonchev–Trinajstić information content (AvgIpc) is 2.55. The molecule has 2 aromatic carbocycles. The smallest absolute Gasteiger partial charge is 0.318 e. The lowest BCUT2D eigenvalue weighted by Gasteiger charge is -2.27. The second-order valence-electron chi connectivity index (χ2n) is 6.88. The number of hydrogen-bond acceptors (Lipinski definition) is 4. The van der Waals surface area contributed by atoms with E-state index in [9.17, 15) is 9.59 Å². The summed E-state index contributed by atoms with van der Waals surface area (Å²) in [6, 6.07) is 18.8. The highest BCUT2D eigenvalue weighted by Gasteiger charge is 2.29. The minimum Gasteiger partial charge on any atom is -0.454 e. The number of carbonyl (C=O) groups is 2. The van der Waals surface area contributed by atoms with Crippen LogP contribution in [0.25, 0.3) is 0 Å². The van der Waals surface area contributed by atoms with Crippen LogP contribution >= 0.6 is 0 Å². The van der Waals surface area contributed by atoms with Crippen molar-refractivity contribution in [2.24, 2.45) is 0 Å². The zero-order chi connectivity index (χ0) is 18.5. The van der Waals surface area contributed by atoms with Crippen LogP contribution in [0.4, 0.5) is 0 Å². The van der Waals surface area contributed by atoms with Crippen LogP contribution in [0, 0.1) is 0 Å². The van der Waals surface area contributed by atoms with Crippen molar-refractivity contribution >= 4 is 11.9 Å². The molecule has 0 heterocycles. The van der Waals surface area contributed by atoms with Gasteiger partial charge in [-0.2, -0.15) is 0 Å². The van der Waals surface area contributed by atoms with Crippen molar-refractivity contribution in [1.29, 1.82) is 0 Å². The lowest BCUT2D eigenvalue weighted by molar-refractivity contribution is -0.169. The molecule has 0 atom stereocenters. The third kappa shape index (κ3) is 5.18. The molecule has 0 radical (unpaired) electrons. The molecule has 0 unspecified atom stereocenters. The molecule has 4 heteroatoms. The number of carbonyl (C=O) groups excluding carboxylic acids is 2. The van der Waals surface area contributed by atoms with E-state index in [1.54, 1.807) is 27.7 Å². The standard InChI is InChI=1S/C21H24O4/c1-20(2,16-11-7-5-8-12-16)24-18(22)15-19(23)25-21(3,4)17-13-9-6-10-14-17/h5-14H,15H2,1-4H3. The first-order valence-corrected chi connectivity index (χ1v) is 8.25. The molecule has 2 rings (SSSR count). The van der Waals surface area contributed by atoms with Crippen molar-refractivity contribution in [2.75, 3.05) is 0 Å². The minimum atomic E-state index is -0.812. The highest BCUT2D eigenvalue weighted by Crippen LogP contribution is 2.27. The molecule has 0 aromatic heterocycles. The molecule has 0 saturated carbocycles. The van der Waals surface area contributed by atoms with Gasteiger partial charge in [-0.1, -0.05) is 60.7 Å². The van der Waals surface area contributed by atoms with E-state index in [0.29, 0.717) is 0 Å². The van der Waals surface area contributed by atoms with Crippen LogP contribution in [-0.2, 0) is 30.3 Å². The highest BCUT2D eigenvalue weighted by atomic mass is 16.6. The number of ether oxygens (including phenoxy) is 2. The molecule has 25 heavy (non-hydrogen) atoms. The Bertz CT molecular complexity index is 655. The van der Waals surface area contributed by atoms with Gasteiger partial charge in [-0.05, 0) is 38.8 Å². The van der Waals surface area contributed by atoms with Crippen LogP contribution in [0.5, 0.6) is 0 Å². The minimum absolute atomic E-state index is 0.424. The molecule has 132 valence electrons. The van der Waals surface area contributed by atoms with E-state index < -0.39 is 29.6 Å². The van der Waals surface area contributed by atoms with Crippen molar-refractivity contribution < 1.29 is 19.1 Å². The van der Waals surface area contributed by atoms with Gasteiger partial charge < -0.3 is 9.47 Å². The summed E-state index contributed by atoms with van der Waals surface area (Å²) >= 11 is 0. The Morgan fingerprint density at radius 1 is 0.680 bits per heavy atom. The van der Waals surface area contributed by atoms with Gasteiger partial charge in [-0.25, -0.2) is 0 Å². The summed E-state index contributed by atoms with van der Waals surface area (Å²) < 4.78 is 11.0. The Kier molecular flexibility index (Phi) is 5.62. The monoisotopic (exact) mass is 340 g/mol. The van der Waals surface area contributed by atoms with Gasteiger partial charge in [-0.15, -0.1) is 0 Å². The SMILES string of the molecule is CC(C)(OC(=O)CC(=O)OC(C)(C)c1ccccc1)c1ccccc1. The van der Waals surface area contributed by atoms with Crippen molar-refractivity contribution in [2.45, 2.75) is 45.3 Å². The van der Waals surface area contributed by atoms with E-state index in [1.807, 2.05) is 60.7 Å². The van der Waals surface area contributed by atoms with E-state index in [-0.39, 0.29) is 0 Å². The molecule has 4 nitrogen and oxygen atoms in total. The summed E-state index contributed by atoms with van der Waals surface area (Å²) in [5, 5.41) is 0. The van der Waals surface area contributed by atoms with Crippen LogP contribution in [-0.4, -0.2) is 11.9 Å². The fourth-order valence-electron chi connectivity index (χ4n) is 2.56. The first kappa shape index (κ1) is 18.7. The summed E-state index contributed by atoms with van der Waals surface area (Å²) in [5.41, 5.74) is 0.101. The maximum Gasteiger partial charge on any atom is 0.318 e. The van der Waals surface area contributed by atoms with Crippen LogP contribution < -0.4 is 0 Å². The first-order valence-electron chi connectivity index (χ1n) is 8.25. The molecule has 0 aliphatic carbocycles. The van der Waals surface area contributed by atoms with Gasteiger partial charge in [0.15, 0.2) is 0 Å². The predicted octanol–water partition coefficient (Wildman–Crippen LogP) is 4.33. The molecule has 0 N–H and O–H groups in total. The fourth-order valence-corrected chi connectivity index (χ4v) is 2.56. The molecular weight excluding hydrogens is 316 g/mol. The van der Waals surface area contributed by atoms with Gasteiger partial charge in [0.2, 0.25) is 0 Å². The van der Waals surface area contributed by atoms with E-state index in [1.165, 1.54) is 0 Å². The third-order valence-corrected chi connectivity index (χ3v) is 3.96. The number of rotatable bonds is 6. The van der Waals surface area contributed by atoms with Crippen LogP contribution in [0.2, 0.25) is 0 Å². The normalized spacial score (nSPS) is 11.7.